The number of nitrogens with two attached hydrogens (primary N) is 2. The van der Waals surface area contributed by atoms with Gasteiger partial charge in [0.05, 0.1) is 5.92 Å². The standard InChI is InChI=1S/C11H20N4O3/c1-7-2-3-8(9(13)16)6-15(7)11(18)10(17)14-5-4-12/h7-8H,2-6,12H2,1H3,(H2,13,16)(H,14,17). The van der Waals surface area contributed by atoms with E-state index in [1.165, 1.54) is 4.90 Å². The van der Waals surface area contributed by atoms with E-state index in [0.717, 1.165) is 0 Å². The second-order valence-corrected chi connectivity index (χ2v) is 4.53. The molecule has 7 nitrogen and oxygen atoms in total. The maximum absolute atomic E-state index is 11.9. The molecule has 1 rings (SSSR count). The third-order valence-electron chi connectivity index (χ3n) is 3.17. The molecule has 7 heteroatoms. The van der Waals surface area contributed by atoms with Crippen LogP contribution in [0.1, 0.15) is 19.8 Å². The molecule has 1 fully saturated rings. The summed E-state index contributed by atoms with van der Waals surface area (Å²) in [5.41, 5.74) is 10.5. The Hall–Kier alpha value is -1.63. The molecule has 3 amide bonds. The quantitative estimate of drug-likeness (QED) is 0.515. The number of nitrogens with zero attached hydrogens (tertiary/aromatic N) is 1. The third-order valence-corrected chi connectivity index (χ3v) is 3.17. The maximum Gasteiger partial charge on any atom is 0.312 e. The highest BCUT2D eigenvalue weighted by atomic mass is 16.2. The van der Waals surface area contributed by atoms with Crippen molar-refractivity contribution < 1.29 is 14.4 Å². The van der Waals surface area contributed by atoms with E-state index < -0.39 is 17.7 Å². The number of primary amides is 1. The lowest BCUT2D eigenvalue weighted by Gasteiger charge is -2.36. The van der Waals surface area contributed by atoms with Crippen LogP contribution >= 0.6 is 0 Å². The van der Waals surface area contributed by atoms with E-state index in [4.69, 9.17) is 11.5 Å². The fourth-order valence-corrected chi connectivity index (χ4v) is 2.01. The molecule has 0 aliphatic carbocycles. The summed E-state index contributed by atoms with van der Waals surface area (Å²) in [7, 11) is 0. The van der Waals surface area contributed by atoms with Crippen LogP contribution in [0.4, 0.5) is 0 Å². The molecule has 0 saturated carbocycles. The fraction of sp³-hybridized carbons (Fsp3) is 0.727. The number of carbonyl (C=O) groups excluding carboxylic acids is 3. The van der Waals surface area contributed by atoms with E-state index >= 15 is 0 Å². The molecule has 102 valence electrons. The molecule has 1 saturated heterocycles. The van der Waals surface area contributed by atoms with Crippen LogP contribution in [-0.2, 0) is 14.4 Å². The first-order chi connectivity index (χ1) is 8.47. The summed E-state index contributed by atoms with van der Waals surface area (Å²) in [5.74, 6) is -2.10. The molecule has 1 aliphatic rings. The maximum atomic E-state index is 11.9. The Morgan fingerprint density at radius 3 is 2.56 bits per heavy atom. The molecule has 0 radical (unpaired) electrons. The molecule has 0 spiro atoms. The number of carbonyl (C=O) groups is 3. The predicted molar refractivity (Wildman–Crippen MR) is 65.2 cm³/mol. The molecule has 0 bridgehead atoms. The van der Waals surface area contributed by atoms with Crippen molar-refractivity contribution in [2.24, 2.45) is 17.4 Å². The topological polar surface area (TPSA) is 119 Å². The largest absolute Gasteiger partial charge is 0.369 e. The van der Waals surface area contributed by atoms with Crippen molar-refractivity contribution in [2.45, 2.75) is 25.8 Å². The van der Waals surface area contributed by atoms with E-state index in [-0.39, 0.29) is 31.6 Å². The Balaban J connectivity index is 2.64. The first-order valence-corrected chi connectivity index (χ1v) is 6.05. The summed E-state index contributed by atoms with van der Waals surface area (Å²) < 4.78 is 0. The second-order valence-electron chi connectivity index (χ2n) is 4.53. The van der Waals surface area contributed by atoms with Gasteiger partial charge in [-0.05, 0) is 19.8 Å². The summed E-state index contributed by atoms with van der Waals surface area (Å²) in [6, 6.07) is -0.0586. The average molecular weight is 256 g/mol. The van der Waals surface area contributed by atoms with Crippen molar-refractivity contribution >= 4 is 17.7 Å². The number of likely N-dealkylation sites (tertiary alicyclic amines) is 1. The van der Waals surface area contributed by atoms with Gasteiger partial charge in [0.25, 0.3) is 0 Å². The molecule has 5 N–H and O–H groups in total. The highest BCUT2D eigenvalue weighted by Gasteiger charge is 2.34. The Labute approximate surface area is 106 Å². The van der Waals surface area contributed by atoms with Crippen molar-refractivity contribution in [2.75, 3.05) is 19.6 Å². The lowest BCUT2D eigenvalue weighted by molar-refractivity contribution is -0.149. The normalized spacial score (nSPS) is 23.6. The van der Waals surface area contributed by atoms with Gasteiger partial charge in [0.1, 0.15) is 0 Å². The number of amides is 3. The molecule has 2 atom stereocenters. The molecular weight excluding hydrogens is 236 g/mol. The summed E-state index contributed by atoms with van der Waals surface area (Å²) in [5, 5.41) is 2.42. The fourth-order valence-electron chi connectivity index (χ4n) is 2.01. The van der Waals surface area contributed by atoms with Crippen LogP contribution in [0.15, 0.2) is 0 Å². The van der Waals surface area contributed by atoms with Gasteiger partial charge in [0.15, 0.2) is 0 Å². The number of piperidine rings is 1. The van der Waals surface area contributed by atoms with Crippen LogP contribution < -0.4 is 16.8 Å². The van der Waals surface area contributed by atoms with E-state index in [9.17, 15) is 14.4 Å². The third kappa shape index (κ3) is 3.43. The van der Waals surface area contributed by atoms with Crippen LogP contribution in [0, 0.1) is 5.92 Å². The summed E-state index contributed by atoms with van der Waals surface area (Å²) in [4.78, 5) is 36.0. The first-order valence-electron chi connectivity index (χ1n) is 6.05. The smallest absolute Gasteiger partial charge is 0.312 e. The molecule has 18 heavy (non-hydrogen) atoms. The minimum absolute atomic E-state index is 0.0586. The number of hydrogen-bond donors (Lipinski definition) is 3. The van der Waals surface area contributed by atoms with Crippen LogP contribution in [0.3, 0.4) is 0 Å². The Morgan fingerprint density at radius 1 is 1.33 bits per heavy atom. The van der Waals surface area contributed by atoms with Gasteiger partial charge in [-0.3, -0.25) is 14.4 Å². The van der Waals surface area contributed by atoms with Crippen molar-refractivity contribution in [3.05, 3.63) is 0 Å². The van der Waals surface area contributed by atoms with Gasteiger partial charge < -0.3 is 21.7 Å². The van der Waals surface area contributed by atoms with Gasteiger partial charge >= 0.3 is 11.8 Å². The minimum Gasteiger partial charge on any atom is -0.369 e. The van der Waals surface area contributed by atoms with Gasteiger partial charge in [-0.15, -0.1) is 0 Å². The van der Waals surface area contributed by atoms with E-state index in [1.54, 1.807) is 0 Å². The Bertz CT molecular complexity index is 345. The van der Waals surface area contributed by atoms with E-state index in [0.29, 0.717) is 12.8 Å². The molecule has 1 heterocycles. The minimum atomic E-state index is -0.683. The Morgan fingerprint density at radius 2 is 2.00 bits per heavy atom. The van der Waals surface area contributed by atoms with Crippen LogP contribution in [0.2, 0.25) is 0 Å². The number of rotatable bonds is 3. The zero-order chi connectivity index (χ0) is 13.7. The van der Waals surface area contributed by atoms with Crippen molar-refractivity contribution in [1.82, 2.24) is 10.2 Å². The SMILES string of the molecule is CC1CCC(C(N)=O)CN1C(=O)C(=O)NCCN. The highest BCUT2D eigenvalue weighted by molar-refractivity contribution is 6.35. The van der Waals surface area contributed by atoms with Crippen molar-refractivity contribution in [3.8, 4) is 0 Å². The lowest BCUT2D eigenvalue weighted by Crippen LogP contribution is -2.53. The Kier molecular flexibility index (Phi) is 5.08. The van der Waals surface area contributed by atoms with Gasteiger partial charge in [-0.25, -0.2) is 0 Å². The summed E-state index contributed by atoms with van der Waals surface area (Å²) in [6.07, 6.45) is 1.33. The molecule has 0 aromatic heterocycles. The van der Waals surface area contributed by atoms with E-state index in [1.807, 2.05) is 6.92 Å². The summed E-state index contributed by atoms with van der Waals surface area (Å²) >= 11 is 0. The predicted octanol–water partition coefficient (Wildman–Crippen LogP) is -1.83. The van der Waals surface area contributed by atoms with Gasteiger partial charge in [0.2, 0.25) is 5.91 Å². The average Bonchev–Trinajstić information content (AvgIpc) is 2.35. The summed E-state index contributed by atoms with van der Waals surface area (Å²) in [6.45, 7) is 2.60. The second kappa shape index (κ2) is 6.34. The van der Waals surface area contributed by atoms with Crippen molar-refractivity contribution in [1.29, 1.82) is 0 Å². The lowest BCUT2D eigenvalue weighted by atomic mass is 9.93. The van der Waals surface area contributed by atoms with Crippen LogP contribution in [0.5, 0.6) is 0 Å². The van der Waals surface area contributed by atoms with Crippen LogP contribution in [-0.4, -0.2) is 48.3 Å². The molecular formula is C11H20N4O3. The van der Waals surface area contributed by atoms with E-state index in [2.05, 4.69) is 5.32 Å². The highest BCUT2D eigenvalue weighted by Crippen LogP contribution is 2.21. The monoisotopic (exact) mass is 256 g/mol. The molecule has 0 aromatic carbocycles. The number of nitrogens with one attached hydrogen (secondary N) is 1. The molecule has 1 aliphatic heterocycles. The zero-order valence-corrected chi connectivity index (χ0v) is 10.5. The molecule has 0 aromatic rings. The first kappa shape index (κ1) is 14.4. The molecule has 2 unspecified atom stereocenters. The van der Waals surface area contributed by atoms with Gasteiger partial charge in [-0.1, -0.05) is 0 Å². The van der Waals surface area contributed by atoms with Gasteiger partial charge in [0, 0.05) is 25.7 Å². The zero-order valence-electron chi connectivity index (χ0n) is 10.5. The van der Waals surface area contributed by atoms with Crippen LogP contribution in [0.25, 0.3) is 0 Å². The van der Waals surface area contributed by atoms with Crippen molar-refractivity contribution in [3.63, 3.8) is 0 Å². The van der Waals surface area contributed by atoms with Gasteiger partial charge in [-0.2, -0.15) is 0 Å². The number of hydrogen-bond acceptors (Lipinski definition) is 4.